The van der Waals surface area contributed by atoms with Crippen molar-refractivity contribution in [2.24, 2.45) is 5.92 Å². The lowest BCUT2D eigenvalue weighted by molar-refractivity contribution is -0.118. The fourth-order valence-corrected chi connectivity index (χ4v) is 2.31. The van der Waals surface area contributed by atoms with Crippen LogP contribution in [0.15, 0.2) is 48.5 Å². The lowest BCUT2D eigenvalue weighted by atomic mass is 10.1. The Kier molecular flexibility index (Phi) is 7.22. The monoisotopic (exact) mass is 398 g/mol. The third kappa shape index (κ3) is 6.17. The van der Waals surface area contributed by atoms with E-state index in [1.54, 1.807) is 56.3 Å². The number of amides is 3. The molecule has 0 aliphatic rings. The van der Waals surface area contributed by atoms with Crippen molar-refractivity contribution >= 4 is 40.7 Å². The quantitative estimate of drug-likeness (QED) is 0.469. The Hall–Kier alpha value is -3.26. The number of rotatable bonds is 4. The molecule has 8 heteroatoms. The van der Waals surface area contributed by atoms with E-state index in [0.29, 0.717) is 16.8 Å². The molecule has 0 radical (unpaired) electrons. The van der Waals surface area contributed by atoms with Crippen molar-refractivity contribution in [3.63, 3.8) is 0 Å². The zero-order valence-electron chi connectivity index (χ0n) is 15.8. The second-order valence-corrected chi connectivity index (χ2v) is 6.86. The van der Waals surface area contributed by atoms with Crippen molar-refractivity contribution in [3.05, 3.63) is 65.2 Å². The maximum atomic E-state index is 12.2. The summed E-state index contributed by atoms with van der Waals surface area (Å²) < 4.78 is 0. The van der Waals surface area contributed by atoms with Crippen molar-refractivity contribution in [1.29, 1.82) is 0 Å². The van der Waals surface area contributed by atoms with Crippen molar-refractivity contribution in [2.75, 3.05) is 5.32 Å². The zero-order chi connectivity index (χ0) is 20.7. The van der Waals surface area contributed by atoms with Gasteiger partial charge in [-0.1, -0.05) is 31.5 Å². The van der Waals surface area contributed by atoms with Gasteiger partial charge in [0.05, 0.1) is 0 Å². The molecule has 0 saturated heterocycles. The van der Waals surface area contributed by atoms with Crippen LogP contribution in [0.5, 0.6) is 0 Å². The van der Waals surface area contributed by atoms with Gasteiger partial charge in [0, 0.05) is 22.7 Å². The number of carbonyl (C=O) groups excluding carboxylic acids is 3. The van der Waals surface area contributed by atoms with Gasteiger partial charge in [-0.05, 0) is 55.5 Å². The third-order valence-electron chi connectivity index (χ3n) is 3.74. The first-order valence-corrected chi connectivity index (χ1v) is 9.06. The summed E-state index contributed by atoms with van der Waals surface area (Å²) in [5, 5.41) is 5.21. The van der Waals surface area contributed by atoms with Crippen molar-refractivity contribution in [2.45, 2.75) is 20.8 Å². The van der Waals surface area contributed by atoms with Gasteiger partial charge in [0.1, 0.15) is 0 Å². The number of nitrogens with one attached hydrogen (secondary N) is 4. The molecular weight excluding hydrogens is 376 g/mol. The number of aryl methyl sites for hydroxylation is 1. The molecule has 28 heavy (non-hydrogen) atoms. The van der Waals surface area contributed by atoms with Crippen molar-refractivity contribution in [3.8, 4) is 0 Å². The lowest BCUT2D eigenvalue weighted by Crippen LogP contribution is -2.48. The van der Waals surface area contributed by atoms with Gasteiger partial charge in [0.25, 0.3) is 11.8 Å². The van der Waals surface area contributed by atoms with E-state index in [4.69, 9.17) is 12.2 Å². The summed E-state index contributed by atoms with van der Waals surface area (Å²) in [6.07, 6.45) is 0. The molecule has 0 fully saturated rings. The van der Waals surface area contributed by atoms with Crippen LogP contribution in [0.4, 0.5) is 5.69 Å². The predicted molar refractivity (Wildman–Crippen MR) is 112 cm³/mol. The number of hydrogen-bond donors (Lipinski definition) is 4. The summed E-state index contributed by atoms with van der Waals surface area (Å²) >= 11 is 5.02. The van der Waals surface area contributed by atoms with E-state index in [1.807, 2.05) is 13.0 Å². The van der Waals surface area contributed by atoms with Gasteiger partial charge in [-0.3, -0.25) is 30.6 Å². The topological polar surface area (TPSA) is 99.3 Å². The summed E-state index contributed by atoms with van der Waals surface area (Å²) in [4.78, 5) is 35.9. The van der Waals surface area contributed by atoms with Crippen LogP contribution in [0.3, 0.4) is 0 Å². The third-order valence-corrected chi connectivity index (χ3v) is 3.94. The highest BCUT2D eigenvalue weighted by molar-refractivity contribution is 7.80. The molecule has 0 atom stereocenters. The molecule has 0 aliphatic carbocycles. The van der Waals surface area contributed by atoms with E-state index >= 15 is 0 Å². The first-order valence-electron chi connectivity index (χ1n) is 8.65. The molecule has 0 aromatic heterocycles. The molecule has 0 heterocycles. The molecule has 2 rings (SSSR count). The highest BCUT2D eigenvalue weighted by atomic mass is 32.1. The van der Waals surface area contributed by atoms with E-state index in [9.17, 15) is 14.4 Å². The maximum Gasteiger partial charge on any atom is 0.269 e. The first-order chi connectivity index (χ1) is 13.3. The SMILES string of the molecule is Cc1cccc(C(=O)NC(=S)NNC(=O)c2ccc(NC(=O)C(C)C)cc2)c1. The fraction of sp³-hybridized carbons (Fsp3) is 0.200. The van der Waals surface area contributed by atoms with Gasteiger partial charge in [-0.15, -0.1) is 0 Å². The molecule has 0 bridgehead atoms. The average molecular weight is 398 g/mol. The first kappa shape index (κ1) is 21.0. The Morgan fingerprint density at radius 3 is 2.18 bits per heavy atom. The number of carbonyl (C=O) groups is 3. The Morgan fingerprint density at radius 1 is 0.893 bits per heavy atom. The van der Waals surface area contributed by atoms with Crippen molar-refractivity contribution in [1.82, 2.24) is 16.2 Å². The van der Waals surface area contributed by atoms with Crippen molar-refractivity contribution < 1.29 is 14.4 Å². The van der Waals surface area contributed by atoms with Crippen LogP contribution in [0, 0.1) is 12.8 Å². The molecule has 4 N–H and O–H groups in total. The number of hydrogen-bond acceptors (Lipinski definition) is 4. The standard InChI is InChI=1S/C20H22N4O3S/c1-12(2)17(25)21-16-9-7-14(8-10-16)19(27)23-24-20(28)22-18(26)15-6-4-5-13(3)11-15/h4-12H,1-3H3,(H,21,25)(H,23,27)(H2,22,24,26,28). The van der Waals surface area contributed by atoms with E-state index in [0.717, 1.165) is 5.56 Å². The van der Waals surface area contributed by atoms with Gasteiger partial charge < -0.3 is 5.32 Å². The Bertz CT molecular complexity index is 895. The summed E-state index contributed by atoms with van der Waals surface area (Å²) in [7, 11) is 0. The molecule has 0 aliphatic heterocycles. The van der Waals surface area contributed by atoms with Crippen LogP contribution in [0.25, 0.3) is 0 Å². The second kappa shape index (κ2) is 9.61. The fourth-order valence-electron chi connectivity index (χ4n) is 2.17. The van der Waals surface area contributed by atoms with Gasteiger partial charge >= 0.3 is 0 Å². The van der Waals surface area contributed by atoms with Crippen LogP contribution in [0.1, 0.15) is 40.1 Å². The number of hydrazine groups is 1. The summed E-state index contributed by atoms with van der Waals surface area (Å²) in [5.41, 5.74) is 7.29. The molecule has 2 aromatic carbocycles. The Balaban J connectivity index is 1.85. The minimum absolute atomic E-state index is 0.0272. The molecular formula is C20H22N4O3S. The van der Waals surface area contributed by atoms with E-state index in [-0.39, 0.29) is 22.8 Å². The second-order valence-electron chi connectivity index (χ2n) is 6.45. The van der Waals surface area contributed by atoms with Gasteiger partial charge in [0.2, 0.25) is 5.91 Å². The van der Waals surface area contributed by atoms with E-state index in [2.05, 4.69) is 21.5 Å². The van der Waals surface area contributed by atoms with Crippen LogP contribution in [0.2, 0.25) is 0 Å². The van der Waals surface area contributed by atoms with Gasteiger partial charge in [-0.2, -0.15) is 0 Å². The van der Waals surface area contributed by atoms with E-state index < -0.39 is 5.91 Å². The van der Waals surface area contributed by atoms with Crippen LogP contribution >= 0.6 is 12.2 Å². The van der Waals surface area contributed by atoms with Crippen LogP contribution in [-0.2, 0) is 4.79 Å². The lowest BCUT2D eigenvalue weighted by Gasteiger charge is -2.12. The number of benzene rings is 2. The van der Waals surface area contributed by atoms with Gasteiger partial charge in [0.15, 0.2) is 5.11 Å². The summed E-state index contributed by atoms with van der Waals surface area (Å²) in [6.45, 7) is 5.47. The minimum atomic E-state index is -0.436. The predicted octanol–water partition coefficient (Wildman–Crippen LogP) is 2.54. The summed E-state index contributed by atoms with van der Waals surface area (Å²) in [5.74, 6) is -1.05. The number of anilines is 1. The highest BCUT2D eigenvalue weighted by Crippen LogP contribution is 2.11. The molecule has 2 aromatic rings. The molecule has 0 spiro atoms. The smallest absolute Gasteiger partial charge is 0.269 e. The van der Waals surface area contributed by atoms with Gasteiger partial charge in [-0.25, -0.2) is 0 Å². The molecule has 3 amide bonds. The molecule has 146 valence electrons. The average Bonchev–Trinajstić information content (AvgIpc) is 2.66. The maximum absolute atomic E-state index is 12.2. The Labute approximate surface area is 168 Å². The van der Waals surface area contributed by atoms with E-state index in [1.165, 1.54) is 0 Å². The number of thiocarbonyl (C=S) groups is 1. The highest BCUT2D eigenvalue weighted by Gasteiger charge is 2.11. The largest absolute Gasteiger partial charge is 0.326 e. The molecule has 0 saturated carbocycles. The zero-order valence-corrected chi connectivity index (χ0v) is 16.6. The Morgan fingerprint density at radius 2 is 1.57 bits per heavy atom. The van der Waals surface area contributed by atoms with Crippen LogP contribution in [-0.4, -0.2) is 22.8 Å². The summed E-state index contributed by atoms with van der Waals surface area (Å²) in [6, 6.07) is 13.5. The van der Waals surface area contributed by atoms with Crippen LogP contribution < -0.4 is 21.5 Å². The molecule has 7 nitrogen and oxygen atoms in total. The molecule has 0 unspecified atom stereocenters. The normalized spacial score (nSPS) is 10.1. The minimum Gasteiger partial charge on any atom is -0.326 e.